The minimum absolute atomic E-state index is 0.547. The van der Waals surface area contributed by atoms with Crippen molar-refractivity contribution >= 4 is 16.7 Å². The minimum Gasteiger partial charge on any atom is -0.384 e. The van der Waals surface area contributed by atoms with Gasteiger partial charge in [0.25, 0.3) is 0 Å². The van der Waals surface area contributed by atoms with Crippen molar-refractivity contribution < 1.29 is 0 Å². The van der Waals surface area contributed by atoms with Crippen LogP contribution >= 0.6 is 0 Å². The molecule has 0 aliphatic heterocycles. The summed E-state index contributed by atoms with van der Waals surface area (Å²) in [5, 5.41) is 1.10. The first-order valence-corrected chi connectivity index (χ1v) is 8.74. The Hall–Kier alpha value is -3.27. The van der Waals surface area contributed by atoms with E-state index in [0.717, 1.165) is 51.0 Å². The Kier molecular flexibility index (Phi) is 4.09. The largest absolute Gasteiger partial charge is 0.384 e. The number of hydrogen-bond donors (Lipinski definition) is 1. The van der Waals surface area contributed by atoms with E-state index in [1.54, 1.807) is 6.20 Å². The number of hydrogen-bond acceptors (Lipinski definition) is 4. The lowest BCUT2D eigenvalue weighted by molar-refractivity contribution is 1.05. The maximum Gasteiger partial charge on any atom is 0.123 e. The van der Waals surface area contributed by atoms with Gasteiger partial charge in [-0.1, -0.05) is 31.2 Å². The molecule has 128 valence electrons. The Labute approximate surface area is 152 Å². The van der Waals surface area contributed by atoms with Crippen LogP contribution in [0.3, 0.4) is 0 Å². The summed E-state index contributed by atoms with van der Waals surface area (Å²) in [4.78, 5) is 13.7. The number of aryl methyl sites for hydroxylation is 2. The molecule has 0 saturated carbocycles. The number of anilines is 1. The number of para-hydroxylation sites is 1. The molecule has 1 aromatic carbocycles. The van der Waals surface area contributed by atoms with E-state index in [9.17, 15) is 0 Å². The zero-order valence-electron chi connectivity index (χ0n) is 14.9. The lowest BCUT2D eigenvalue weighted by Crippen LogP contribution is -1.98. The Morgan fingerprint density at radius 2 is 1.77 bits per heavy atom. The van der Waals surface area contributed by atoms with Crippen LogP contribution in [-0.2, 0) is 6.42 Å². The van der Waals surface area contributed by atoms with E-state index in [0.29, 0.717) is 5.82 Å². The van der Waals surface area contributed by atoms with Gasteiger partial charge in [-0.3, -0.25) is 4.98 Å². The van der Waals surface area contributed by atoms with Crippen LogP contribution in [0.25, 0.3) is 33.3 Å². The summed E-state index contributed by atoms with van der Waals surface area (Å²) < 4.78 is 0. The number of rotatable bonds is 3. The van der Waals surface area contributed by atoms with Crippen molar-refractivity contribution in [2.75, 3.05) is 5.73 Å². The molecule has 0 spiro atoms. The van der Waals surface area contributed by atoms with Crippen molar-refractivity contribution in [3.05, 3.63) is 72.2 Å². The molecule has 3 heterocycles. The predicted molar refractivity (Wildman–Crippen MR) is 107 cm³/mol. The monoisotopic (exact) mass is 340 g/mol. The van der Waals surface area contributed by atoms with Crippen LogP contribution in [0.2, 0.25) is 0 Å². The van der Waals surface area contributed by atoms with Gasteiger partial charge in [0.15, 0.2) is 0 Å². The van der Waals surface area contributed by atoms with E-state index in [1.165, 1.54) is 0 Å². The Morgan fingerprint density at radius 3 is 2.58 bits per heavy atom. The zero-order valence-corrected chi connectivity index (χ0v) is 14.9. The summed E-state index contributed by atoms with van der Waals surface area (Å²) in [5.74, 6) is 0.547. The standard InChI is InChI=1S/C22H20N4/c1-3-19-16(8-10-21(23)25-19)17-6-4-5-15-7-9-20(26-22(15)17)18-13-24-12-11-14(18)2/h4-13H,3H2,1-2H3,(H2,23,25). The fraction of sp³-hybridized carbons (Fsp3) is 0.136. The van der Waals surface area contributed by atoms with Gasteiger partial charge >= 0.3 is 0 Å². The minimum atomic E-state index is 0.547. The van der Waals surface area contributed by atoms with E-state index in [2.05, 4.69) is 54.1 Å². The molecule has 4 nitrogen and oxygen atoms in total. The maximum absolute atomic E-state index is 5.88. The molecule has 0 aliphatic rings. The highest BCUT2D eigenvalue weighted by Crippen LogP contribution is 2.32. The third-order valence-corrected chi connectivity index (χ3v) is 4.66. The van der Waals surface area contributed by atoms with E-state index >= 15 is 0 Å². The molecule has 0 saturated heterocycles. The van der Waals surface area contributed by atoms with Gasteiger partial charge in [-0.05, 0) is 43.2 Å². The number of nitrogen functional groups attached to an aromatic ring is 1. The zero-order chi connectivity index (χ0) is 18.1. The number of aromatic nitrogens is 3. The first kappa shape index (κ1) is 16.2. The molecular weight excluding hydrogens is 320 g/mol. The Balaban J connectivity index is 1.97. The molecule has 4 aromatic rings. The van der Waals surface area contributed by atoms with E-state index < -0.39 is 0 Å². The second-order valence-corrected chi connectivity index (χ2v) is 6.35. The molecule has 3 aromatic heterocycles. The quantitative estimate of drug-likeness (QED) is 0.581. The molecule has 0 aliphatic carbocycles. The third kappa shape index (κ3) is 2.80. The molecule has 0 fully saturated rings. The number of pyridine rings is 3. The number of fused-ring (bicyclic) bond motifs is 1. The Bertz CT molecular complexity index is 1100. The highest BCUT2D eigenvalue weighted by Gasteiger charge is 2.12. The number of benzene rings is 1. The molecule has 0 radical (unpaired) electrons. The SMILES string of the molecule is CCc1nc(N)ccc1-c1cccc2ccc(-c3cnccc3C)nc12. The number of nitrogens with two attached hydrogens (primary N) is 1. The topological polar surface area (TPSA) is 64.7 Å². The summed E-state index contributed by atoms with van der Waals surface area (Å²) in [5.41, 5.74) is 13.1. The second-order valence-electron chi connectivity index (χ2n) is 6.35. The summed E-state index contributed by atoms with van der Waals surface area (Å²) in [6, 6.07) is 16.3. The average molecular weight is 340 g/mol. The van der Waals surface area contributed by atoms with E-state index in [4.69, 9.17) is 10.7 Å². The van der Waals surface area contributed by atoms with Crippen LogP contribution < -0.4 is 5.73 Å². The van der Waals surface area contributed by atoms with E-state index in [1.807, 2.05) is 24.4 Å². The Morgan fingerprint density at radius 1 is 0.885 bits per heavy atom. The van der Waals surface area contributed by atoms with Crippen LogP contribution in [0.1, 0.15) is 18.2 Å². The van der Waals surface area contributed by atoms with Crippen LogP contribution in [0.4, 0.5) is 5.82 Å². The van der Waals surface area contributed by atoms with E-state index in [-0.39, 0.29) is 0 Å². The van der Waals surface area contributed by atoms with Crippen molar-refractivity contribution in [3.8, 4) is 22.4 Å². The molecule has 4 rings (SSSR count). The summed E-state index contributed by atoms with van der Waals surface area (Å²) in [6.45, 7) is 4.17. The van der Waals surface area contributed by atoms with Gasteiger partial charge in [-0.2, -0.15) is 0 Å². The molecule has 0 atom stereocenters. The van der Waals surface area contributed by atoms with Crippen LogP contribution in [-0.4, -0.2) is 15.0 Å². The molecule has 26 heavy (non-hydrogen) atoms. The van der Waals surface area contributed by atoms with Crippen molar-refractivity contribution in [1.82, 2.24) is 15.0 Å². The summed E-state index contributed by atoms with van der Waals surface area (Å²) in [7, 11) is 0. The third-order valence-electron chi connectivity index (χ3n) is 4.66. The van der Waals surface area contributed by atoms with Crippen molar-refractivity contribution in [2.24, 2.45) is 0 Å². The molecular formula is C22H20N4. The van der Waals surface area contributed by atoms with Gasteiger partial charge in [-0.25, -0.2) is 9.97 Å². The van der Waals surface area contributed by atoms with Gasteiger partial charge in [-0.15, -0.1) is 0 Å². The fourth-order valence-electron chi connectivity index (χ4n) is 3.28. The highest BCUT2D eigenvalue weighted by molar-refractivity contribution is 5.95. The molecule has 0 amide bonds. The number of nitrogens with zero attached hydrogens (tertiary/aromatic N) is 3. The van der Waals surface area contributed by atoms with Crippen LogP contribution in [0.5, 0.6) is 0 Å². The lowest BCUT2D eigenvalue weighted by Gasteiger charge is -2.12. The molecule has 4 heteroatoms. The predicted octanol–water partition coefficient (Wildman–Crippen LogP) is 4.81. The van der Waals surface area contributed by atoms with Crippen molar-refractivity contribution in [2.45, 2.75) is 20.3 Å². The molecule has 0 unspecified atom stereocenters. The smallest absolute Gasteiger partial charge is 0.123 e. The maximum atomic E-state index is 5.88. The van der Waals surface area contributed by atoms with Crippen molar-refractivity contribution in [1.29, 1.82) is 0 Å². The fourth-order valence-corrected chi connectivity index (χ4v) is 3.28. The van der Waals surface area contributed by atoms with Gasteiger partial charge in [0.1, 0.15) is 5.82 Å². The average Bonchev–Trinajstić information content (AvgIpc) is 2.67. The summed E-state index contributed by atoms with van der Waals surface area (Å²) in [6.07, 6.45) is 4.49. The van der Waals surface area contributed by atoms with Crippen LogP contribution in [0, 0.1) is 6.92 Å². The molecule has 2 N–H and O–H groups in total. The first-order chi connectivity index (χ1) is 12.7. The van der Waals surface area contributed by atoms with Gasteiger partial charge in [0, 0.05) is 34.5 Å². The van der Waals surface area contributed by atoms with Gasteiger partial charge in [0.2, 0.25) is 0 Å². The first-order valence-electron chi connectivity index (χ1n) is 8.74. The summed E-state index contributed by atoms with van der Waals surface area (Å²) >= 11 is 0. The van der Waals surface area contributed by atoms with Crippen LogP contribution in [0.15, 0.2) is 60.9 Å². The lowest BCUT2D eigenvalue weighted by atomic mass is 9.98. The second kappa shape index (κ2) is 6.56. The van der Waals surface area contributed by atoms with Gasteiger partial charge < -0.3 is 5.73 Å². The van der Waals surface area contributed by atoms with Crippen molar-refractivity contribution in [3.63, 3.8) is 0 Å². The normalized spacial score (nSPS) is 11.0. The highest BCUT2D eigenvalue weighted by atomic mass is 14.8. The van der Waals surface area contributed by atoms with Gasteiger partial charge in [0.05, 0.1) is 16.9 Å². The molecule has 0 bridgehead atoms.